The van der Waals surface area contributed by atoms with Crippen molar-refractivity contribution < 1.29 is 18.7 Å². The molecule has 3 aromatic heterocycles. The van der Waals surface area contributed by atoms with Crippen molar-refractivity contribution in [3.8, 4) is 0 Å². The molecule has 0 radical (unpaired) electrons. The van der Waals surface area contributed by atoms with E-state index in [4.69, 9.17) is 9.15 Å². The molecule has 0 unspecified atom stereocenters. The number of carbonyl (C=O) groups is 2. The van der Waals surface area contributed by atoms with Crippen LogP contribution in [0, 0.1) is 6.92 Å². The fourth-order valence-corrected chi connectivity index (χ4v) is 5.52. The van der Waals surface area contributed by atoms with E-state index in [0.29, 0.717) is 26.7 Å². The molecule has 0 saturated heterocycles. The van der Waals surface area contributed by atoms with Gasteiger partial charge < -0.3 is 9.15 Å². The molecule has 7 nitrogen and oxygen atoms in total. The summed E-state index contributed by atoms with van der Waals surface area (Å²) in [5.41, 5.74) is 0.868. The van der Waals surface area contributed by atoms with Gasteiger partial charge in [0.15, 0.2) is 10.6 Å². The Hall–Kier alpha value is -3.30. The highest BCUT2D eigenvalue weighted by Gasteiger charge is 2.45. The molecule has 31 heavy (non-hydrogen) atoms. The number of thiophene rings is 1. The second-order valence-corrected chi connectivity index (χ2v) is 8.85. The number of hydrogen-bond donors (Lipinski definition) is 0. The molecule has 0 bridgehead atoms. The van der Waals surface area contributed by atoms with Crippen LogP contribution in [0.15, 0.2) is 51.0 Å². The van der Waals surface area contributed by atoms with Crippen LogP contribution in [0.25, 0.3) is 11.0 Å². The maximum absolute atomic E-state index is 13.5. The molecule has 1 aliphatic rings. The second kappa shape index (κ2) is 7.44. The molecule has 0 N–H and O–H groups in total. The average molecular weight is 453 g/mol. The van der Waals surface area contributed by atoms with Crippen LogP contribution in [0.1, 0.15) is 49.3 Å². The second-order valence-electron chi connectivity index (χ2n) is 6.89. The lowest BCUT2D eigenvalue weighted by Crippen LogP contribution is -2.28. The average Bonchev–Trinajstić information content (AvgIpc) is 3.47. The normalized spacial score (nSPS) is 15.5. The monoisotopic (exact) mass is 452 g/mol. The summed E-state index contributed by atoms with van der Waals surface area (Å²) in [7, 11) is 0. The molecule has 1 aromatic carbocycles. The predicted octanol–water partition coefficient (Wildman–Crippen LogP) is 4.55. The zero-order chi connectivity index (χ0) is 21.7. The number of amides is 1. The molecule has 0 saturated carbocycles. The fourth-order valence-electron chi connectivity index (χ4n) is 3.70. The Labute approximate surface area is 184 Å². The van der Waals surface area contributed by atoms with Crippen molar-refractivity contribution in [1.82, 2.24) is 4.98 Å². The Bertz CT molecular complexity index is 1390. The first kappa shape index (κ1) is 19.7. The molecular formula is C22H16N2O5S2. The number of fused-ring (bicyclic) bond motifs is 2. The first-order chi connectivity index (χ1) is 15.0. The van der Waals surface area contributed by atoms with Crippen LogP contribution in [0.4, 0.5) is 5.13 Å². The minimum atomic E-state index is -0.677. The summed E-state index contributed by atoms with van der Waals surface area (Å²) in [6.07, 6.45) is 0. The van der Waals surface area contributed by atoms with E-state index in [9.17, 15) is 14.4 Å². The van der Waals surface area contributed by atoms with Crippen LogP contribution in [-0.2, 0) is 4.74 Å². The molecule has 5 rings (SSSR count). The molecule has 4 heterocycles. The van der Waals surface area contributed by atoms with E-state index in [0.717, 1.165) is 16.2 Å². The molecule has 0 fully saturated rings. The number of ether oxygens (including phenoxy) is 1. The van der Waals surface area contributed by atoms with Gasteiger partial charge in [-0.3, -0.25) is 14.5 Å². The molecule has 156 valence electrons. The van der Waals surface area contributed by atoms with Crippen LogP contribution < -0.4 is 10.3 Å². The summed E-state index contributed by atoms with van der Waals surface area (Å²) in [5.74, 6) is -0.937. The van der Waals surface area contributed by atoms with Crippen molar-refractivity contribution in [3.63, 3.8) is 0 Å². The smallest absolute Gasteiger partial charge is 0.350 e. The van der Waals surface area contributed by atoms with Gasteiger partial charge in [-0.1, -0.05) is 29.5 Å². The summed E-state index contributed by atoms with van der Waals surface area (Å²) < 4.78 is 11.0. The van der Waals surface area contributed by atoms with Crippen molar-refractivity contribution in [3.05, 3.63) is 78.8 Å². The minimum Gasteiger partial charge on any atom is -0.462 e. The van der Waals surface area contributed by atoms with Gasteiger partial charge in [0, 0.05) is 4.88 Å². The van der Waals surface area contributed by atoms with Crippen LogP contribution in [0.3, 0.4) is 0 Å². The lowest BCUT2D eigenvalue weighted by Gasteiger charge is -2.20. The maximum atomic E-state index is 13.5. The third-order valence-corrected chi connectivity index (χ3v) is 7.10. The first-order valence-corrected chi connectivity index (χ1v) is 11.3. The number of hydrogen-bond acceptors (Lipinski definition) is 8. The van der Waals surface area contributed by atoms with Gasteiger partial charge in [-0.2, -0.15) is 0 Å². The number of carbonyl (C=O) groups excluding carboxylic acids is 2. The fraction of sp³-hybridized carbons (Fsp3) is 0.182. The van der Waals surface area contributed by atoms with Gasteiger partial charge in [0.1, 0.15) is 16.5 Å². The predicted molar refractivity (Wildman–Crippen MR) is 118 cm³/mol. The topological polar surface area (TPSA) is 89.7 Å². The zero-order valence-electron chi connectivity index (χ0n) is 16.6. The quantitative estimate of drug-likeness (QED) is 0.422. The van der Waals surface area contributed by atoms with Gasteiger partial charge >= 0.3 is 5.97 Å². The van der Waals surface area contributed by atoms with Gasteiger partial charge in [-0.15, -0.1) is 11.3 Å². The SMILES string of the molecule is CCOC(=O)c1sc(N2C(=O)c3oc4ccccc4c(=O)c3[C@H]2c2cccs2)nc1C. The summed E-state index contributed by atoms with van der Waals surface area (Å²) in [4.78, 5) is 46.2. The third-order valence-electron chi connectivity index (χ3n) is 5.04. The molecule has 0 aliphatic carbocycles. The van der Waals surface area contributed by atoms with Crippen LogP contribution >= 0.6 is 22.7 Å². The number of aryl methyl sites for hydroxylation is 1. The summed E-state index contributed by atoms with van der Waals surface area (Å²) in [6.45, 7) is 3.66. The van der Waals surface area contributed by atoms with Crippen LogP contribution in [-0.4, -0.2) is 23.5 Å². The molecule has 4 aromatic rings. The van der Waals surface area contributed by atoms with Crippen molar-refractivity contribution in [1.29, 1.82) is 0 Å². The van der Waals surface area contributed by atoms with Crippen molar-refractivity contribution in [2.75, 3.05) is 11.5 Å². The van der Waals surface area contributed by atoms with Gasteiger partial charge in [-0.25, -0.2) is 9.78 Å². The Morgan fingerprint density at radius 3 is 2.77 bits per heavy atom. The summed E-state index contributed by atoms with van der Waals surface area (Å²) in [6, 6.07) is 9.92. The first-order valence-electron chi connectivity index (χ1n) is 9.58. The van der Waals surface area contributed by atoms with E-state index >= 15 is 0 Å². The van der Waals surface area contributed by atoms with E-state index in [-0.39, 0.29) is 23.4 Å². The number of nitrogens with zero attached hydrogens (tertiary/aromatic N) is 2. The van der Waals surface area contributed by atoms with Gasteiger partial charge in [-0.05, 0) is 37.4 Å². The highest BCUT2D eigenvalue weighted by molar-refractivity contribution is 7.17. The number of aromatic nitrogens is 1. The number of anilines is 1. The molecule has 1 atom stereocenters. The summed E-state index contributed by atoms with van der Waals surface area (Å²) >= 11 is 2.51. The van der Waals surface area contributed by atoms with E-state index in [2.05, 4.69) is 4.98 Å². The lowest BCUT2D eigenvalue weighted by atomic mass is 10.0. The maximum Gasteiger partial charge on any atom is 0.350 e. The van der Waals surface area contributed by atoms with Gasteiger partial charge in [0.05, 0.1) is 23.3 Å². The molecule has 1 aliphatic heterocycles. The van der Waals surface area contributed by atoms with Crippen LogP contribution in [0.2, 0.25) is 0 Å². The van der Waals surface area contributed by atoms with Crippen molar-refractivity contribution in [2.24, 2.45) is 0 Å². The Morgan fingerprint density at radius 1 is 1.23 bits per heavy atom. The number of rotatable bonds is 4. The number of para-hydroxylation sites is 1. The highest BCUT2D eigenvalue weighted by atomic mass is 32.1. The lowest BCUT2D eigenvalue weighted by molar-refractivity contribution is 0.0531. The van der Waals surface area contributed by atoms with E-state index in [1.54, 1.807) is 38.1 Å². The molecule has 1 amide bonds. The Morgan fingerprint density at radius 2 is 2.03 bits per heavy atom. The van der Waals surface area contributed by atoms with Crippen LogP contribution in [0.5, 0.6) is 0 Å². The Balaban J connectivity index is 1.73. The number of benzene rings is 1. The molecular weight excluding hydrogens is 436 g/mol. The third kappa shape index (κ3) is 3.00. The van der Waals surface area contributed by atoms with E-state index in [1.165, 1.54) is 16.2 Å². The Kier molecular flexibility index (Phi) is 4.71. The number of esters is 1. The van der Waals surface area contributed by atoms with E-state index < -0.39 is 17.9 Å². The van der Waals surface area contributed by atoms with Gasteiger partial charge in [0.25, 0.3) is 5.91 Å². The van der Waals surface area contributed by atoms with E-state index in [1.807, 2.05) is 17.5 Å². The minimum absolute atomic E-state index is 0.00707. The standard InChI is InChI=1S/C22H16N2O5S2/c1-3-28-21(27)19-11(2)23-22(31-19)24-16(14-9-6-10-30-14)15-17(25)12-7-4-5-8-13(12)29-18(15)20(24)26/h4-10,16H,3H2,1-2H3/t16-/m1/s1. The van der Waals surface area contributed by atoms with Gasteiger partial charge in [0.2, 0.25) is 5.76 Å². The summed E-state index contributed by atoms with van der Waals surface area (Å²) in [5, 5.41) is 2.62. The zero-order valence-corrected chi connectivity index (χ0v) is 18.2. The van der Waals surface area contributed by atoms with Crippen molar-refractivity contribution in [2.45, 2.75) is 19.9 Å². The number of thiazole rings is 1. The molecule has 9 heteroatoms. The highest BCUT2D eigenvalue weighted by Crippen LogP contribution is 2.44. The largest absolute Gasteiger partial charge is 0.462 e. The molecule has 0 spiro atoms. The van der Waals surface area contributed by atoms with Crippen molar-refractivity contribution >= 4 is 50.7 Å².